The van der Waals surface area contributed by atoms with Gasteiger partial charge in [0.1, 0.15) is 5.75 Å². The maximum absolute atomic E-state index is 13.9. The van der Waals surface area contributed by atoms with Crippen LogP contribution in [-0.4, -0.2) is 11.0 Å². The lowest BCUT2D eigenvalue weighted by Gasteiger charge is -2.14. The van der Waals surface area contributed by atoms with Crippen LogP contribution in [0.2, 0.25) is 0 Å². The molecular weight excluding hydrogens is 243 g/mol. The Hall–Kier alpha value is -1.94. The second-order valence-corrected chi connectivity index (χ2v) is 4.39. The maximum Gasteiger partial charge on any atom is 0.166 e. The summed E-state index contributed by atoms with van der Waals surface area (Å²) in [7, 11) is 0. The minimum atomic E-state index is -0.385. The van der Waals surface area contributed by atoms with E-state index in [1.807, 2.05) is 13.0 Å². The molecule has 0 spiro atoms. The molecule has 3 nitrogen and oxygen atoms in total. The molecule has 0 aliphatic heterocycles. The average Bonchev–Trinajstić information content (AvgIpc) is 2.43. The number of hydrogen-bond acceptors (Lipinski definition) is 3. The summed E-state index contributed by atoms with van der Waals surface area (Å²) in [5.74, 6) is 0.364. The summed E-state index contributed by atoms with van der Waals surface area (Å²) in [6, 6.07) is 8.37. The monoisotopic (exact) mass is 260 g/mol. The Morgan fingerprint density at radius 2 is 2.16 bits per heavy atom. The second kappa shape index (κ2) is 6.29. The summed E-state index contributed by atoms with van der Waals surface area (Å²) in [4.78, 5) is 3.95. The third-order valence-electron chi connectivity index (χ3n) is 2.91. The van der Waals surface area contributed by atoms with Crippen LogP contribution in [0.5, 0.6) is 11.5 Å². The van der Waals surface area contributed by atoms with Gasteiger partial charge in [-0.25, -0.2) is 4.39 Å². The highest BCUT2D eigenvalue weighted by molar-refractivity contribution is 5.39. The van der Waals surface area contributed by atoms with Crippen LogP contribution in [0.15, 0.2) is 42.7 Å². The number of rotatable bonds is 5. The van der Waals surface area contributed by atoms with E-state index < -0.39 is 0 Å². The fourth-order valence-corrected chi connectivity index (χ4v) is 1.78. The van der Waals surface area contributed by atoms with Crippen LogP contribution in [0.3, 0.4) is 0 Å². The first-order valence-corrected chi connectivity index (χ1v) is 6.31. The largest absolute Gasteiger partial charge is 0.452 e. The zero-order chi connectivity index (χ0) is 13.7. The van der Waals surface area contributed by atoms with Crippen molar-refractivity contribution in [3.63, 3.8) is 0 Å². The highest BCUT2D eigenvalue weighted by atomic mass is 19.1. The fraction of sp³-hybridized carbons (Fsp3) is 0.267. The molecule has 0 aliphatic rings. The summed E-state index contributed by atoms with van der Waals surface area (Å²) in [6.07, 6.45) is 4.62. The molecule has 0 bridgehead atoms. The Bertz CT molecular complexity index is 531. The van der Waals surface area contributed by atoms with E-state index in [0.717, 1.165) is 12.0 Å². The topological polar surface area (TPSA) is 48.1 Å². The number of nitrogens with zero attached hydrogens (tertiary/aromatic N) is 1. The molecule has 1 atom stereocenters. The van der Waals surface area contributed by atoms with Crippen molar-refractivity contribution in [1.29, 1.82) is 0 Å². The van der Waals surface area contributed by atoms with Gasteiger partial charge in [0.25, 0.3) is 0 Å². The molecule has 19 heavy (non-hydrogen) atoms. The number of aromatic nitrogens is 1. The molecular formula is C15H17FN2O. The quantitative estimate of drug-likeness (QED) is 0.897. The Balaban J connectivity index is 2.27. The smallest absolute Gasteiger partial charge is 0.166 e. The predicted octanol–water partition coefficient (Wildman–Crippen LogP) is 3.29. The van der Waals surface area contributed by atoms with Crippen molar-refractivity contribution < 1.29 is 9.13 Å². The number of pyridine rings is 1. The Labute approximate surface area is 112 Å². The second-order valence-electron chi connectivity index (χ2n) is 4.39. The van der Waals surface area contributed by atoms with Crippen LogP contribution in [0.4, 0.5) is 4.39 Å². The van der Waals surface area contributed by atoms with E-state index in [1.54, 1.807) is 30.6 Å². The van der Waals surface area contributed by atoms with Crippen molar-refractivity contribution in [2.75, 3.05) is 0 Å². The van der Waals surface area contributed by atoms with Gasteiger partial charge in [0, 0.05) is 12.2 Å². The molecule has 1 aromatic carbocycles. The molecule has 0 amide bonds. The summed E-state index contributed by atoms with van der Waals surface area (Å²) in [6.45, 7) is 2.01. The summed E-state index contributed by atoms with van der Waals surface area (Å²) >= 11 is 0. The van der Waals surface area contributed by atoms with E-state index in [9.17, 15) is 4.39 Å². The molecule has 0 saturated heterocycles. The third kappa shape index (κ3) is 3.51. The zero-order valence-electron chi connectivity index (χ0n) is 10.8. The van der Waals surface area contributed by atoms with Gasteiger partial charge in [-0.3, -0.25) is 4.98 Å². The minimum absolute atomic E-state index is 0.00181. The van der Waals surface area contributed by atoms with E-state index in [0.29, 0.717) is 12.2 Å². The van der Waals surface area contributed by atoms with Gasteiger partial charge in [0.05, 0.1) is 6.20 Å². The molecule has 4 heteroatoms. The van der Waals surface area contributed by atoms with Crippen molar-refractivity contribution >= 4 is 0 Å². The SMILES string of the molecule is CCC(N)Cc1cccc(F)c1Oc1cccnc1. The van der Waals surface area contributed by atoms with E-state index in [4.69, 9.17) is 10.5 Å². The van der Waals surface area contributed by atoms with Crippen LogP contribution in [0.25, 0.3) is 0 Å². The van der Waals surface area contributed by atoms with Gasteiger partial charge in [0.15, 0.2) is 11.6 Å². The van der Waals surface area contributed by atoms with Gasteiger partial charge in [-0.1, -0.05) is 19.1 Å². The molecule has 2 N–H and O–H groups in total. The van der Waals surface area contributed by atoms with Crippen molar-refractivity contribution in [3.05, 3.63) is 54.1 Å². The zero-order valence-corrected chi connectivity index (χ0v) is 10.8. The van der Waals surface area contributed by atoms with Crippen molar-refractivity contribution in [2.45, 2.75) is 25.8 Å². The molecule has 1 aromatic heterocycles. The van der Waals surface area contributed by atoms with Gasteiger partial charge >= 0.3 is 0 Å². The number of hydrogen-bond donors (Lipinski definition) is 1. The van der Waals surface area contributed by atoms with E-state index >= 15 is 0 Å². The first kappa shape index (κ1) is 13.5. The normalized spacial score (nSPS) is 12.2. The maximum atomic E-state index is 13.9. The van der Waals surface area contributed by atoms with Crippen molar-refractivity contribution in [2.24, 2.45) is 5.73 Å². The summed E-state index contributed by atoms with van der Waals surface area (Å²) in [5.41, 5.74) is 6.70. The van der Waals surface area contributed by atoms with Gasteiger partial charge in [-0.2, -0.15) is 0 Å². The molecule has 100 valence electrons. The van der Waals surface area contributed by atoms with Gasteiger partial charge < -0.3 is 10.5 Å². The van der Waals surface area contributed by atoms with E-state index in [2.05, 4.69) is 4.98 Å². The highest BCUT2D eigenvalue weighted by Gasteiger charge is 2.13. The molecule has 1 unspecified atom stereocenters. The lowest BCUT2D eigenvalue weighted by Crippen LogP contribution is -2.21. The van der Waals surface area contributed by atoms with Crippen LogP contribution in [0, 0.1) is 5.82 Å². The van der Waals surface area contributed by atoms with Crippen LogP contribution in [0.1, 0.15) is 18.9 Å². The third-order valence-corrected chi connectivity index (χ3v) is 2.91. The molecule has 0 fully saturated rings. The number of halogens is 1. The van der Waals surface area contributed by atoms with E-state index in [1.165, 1.54) is 6.07 Å². The number of nitrogens with two attached hydrogens (primary N) is 1. The van der Waals surface area contributed by atoms with Gasteiger partial charge in [0.2, 0.25) is 0 Å². The molecule has 0 saturated carbocycles. The van der Waals surface area contributed by atoms with Crippen LogP contribution < -0.4 is 10.5 Å². The number of ether oxygens (including phenoxy) is 1. The predicted molar refractivity (Wildman–Crippen MR) is 72.7 cm³/mol. The van der Waals surface area contributed by atoms with Crippen molar-refractivity contribution in [1.82, 2.24) is 4.98 Å². The number of benzene rings is 1. The molecule has 2 rings (SSSR count). The number of para-hydroxylation sites is 1. The fourth-order valence-electron chi connectivity index (χ4n) is 1.78. The van der Waals surface area contributed by atoms with E-state index in [-0.39, 0.29) is 17.6 Å². The molecule has 0 radical (unpaired) electrons. The lowest BCUT2D eigenvalue weighted by atomic mass is 10.0. The molecule has 2 aromatic rings. The molecule has 1 heterocycles. The summed E-state index contributed by atoms with van der Waals surface area (Å²) in [5, 5.41) is 0. The Morgan fingerprint density at radius 3 is 2.84 bits per heavy atom. The van der Waals surface area contributed by atoms with Crippen molar-refractivity contribution in [3.8, 4) is 11.5 Å². The first-order valence-electron chi connectivity index (χ1n) is 6.31. The Morgan fingerprint density at radius 1 is 1.32 bits per heavy atom. The van der Waals surface area contributed by atoms with Gasteiger partial charge in [-0.05, 0) is 36.6 Å². The minimum Gasteiger partial charge on any atom is -0.452 e. The molecule has 0 aliphatic carbocycles. The van der Waals surface area contributed by atoms with Crippen LogP contribution >= 0.6 is 0 Å². The average molecular weight is 260 g/mol. The first-order chi connectivity index (χ1) is 9.20. The highest BCUT2D eigenvalue weighted by Crippen LogP contribution is 2.28. The Kier molecular flexibility index (Phi) is 4.47. The lowest BCUT2D eigenvalue weighted by molar-refractivity contribution is 0.431. The summed E-state index contributed by atoms with van der Waals surface area (Å²) < 4.78 is 19.5. The standard InChI is InChI=1S/C15H17FN2O/c1-2-12(17)9-11-5-3-7-14(16)15(11)19-13-6-4-8-18-10-13/h3-8,10,12H,2,9,17H2,1H3. The van der Waals surface area contributed by atoms with Crippen LogP contribution in [-0.2, 0) is 6.42 Å². The van der Waals surface area contributed by atoms with Gasteiger partial charge in [-0.15, -0.1) is 0 Å².